The summed E-state index contributed by atoms with van der Waals surface area (Å²) in [5.41, 5.74) is 1.66. The summed E-state index contributed by atoms with van der Waals surface area (Å²) in [6.45, 7) is 6.24. The minimum atomic E-state index is 0.140. The first-order chi connectivity index (χ1) is 12.1. The molecule has 6 heteroatoms. The second-order valence-corrected chi connectivity index (χ2v) is 7.35. The number of fused-ring (bicyclic) bond motifs is 2. The average Bonchev–Trinajstić information content (AvgIpc) is 3.22. The molecular formula is C19H25N5O. The normalized spacial score (nSPS) is 23.9. The molecule has 2 aliphatic rings. The molecular weight excluding hydrogens is 314 g/mol. The lowest BCUT2D eigenvalue weighted by atomic mass is 10.1. The molecule has 0 aliphatic carbocycles. The number of carbonyl (C=O) groups is 1. The highest BCUT2D eigenvalue weighted by molar-refractivity contribution is 5.94. The SMILES string of the molecule is CC(C)N1C2CCC1CN(C(=O)c1ccc(-n3cncn3)cc1)CC2. The Morgan fingerprint density at radius 1 is 1.12 bits per heavy atom. The van der Waals surface area contributed by atoms with Crippen molar-refractivity contribution >= 4 is 5.91 Å². The molecule has 2 fully saturated rings. The van der Waals surface area contributed by atoms with Crippen LogP contribution in [0.5, 0.6) is 0 Å². The van der Waals surface area contributed by atoms with Gasteiger partial charge in [-0.2, -0.15) is 5.10 Å². The molecule has 132 valence electrons. The van der Waals surface area contributed by atoms with Gasteiger partial charge >= 0.3 is 0 Å². The van der Waals surface area contributed by atoms with Crippen molar-refractivity contribution in [2.45, 2.75) is 51.2 Å². The van der Waals surface area contributed by atoms with Crippen LogP contribution in [0.2, 0.25) is 0 Å². The van der Waals surface area contributed by atoms with E-state index in [2.05, 4.69) is 28.8 Å². The highest BCUT2D eigenvalue weighted by atomic mass is 16.2. The zero-order chi connectivity index (χ0) is 17.4. The summed E-state index contributed by atoms with van der Waals surface area (Å²) in [5.74, 6) is 0.140. The Kier molecular flexibility index (Phi) is 4.29. The number of carbonyl (C=O) groups excluding carboxylic acids is 1. The molecule has 2 unspecified atom stereocenters. The number of hydrogen-bond donors (Lipinski definition) is 0. The topological polar surface area (TPSA) is 54.3 Å². The number of rotatable bonds is 3. The van der Waals surface area contributed by atoms with Crippen molar-refractivity contribution in [1.29, 1.82) is 0 Å². The Morgan fingerprint density at radius 2 is 1.88 bits per heavy atom. The highest BCUT2D eigenvalue weighted by Crippen LogP contribution is 2.32. The van der Waals surface area contributed by atoms with Crippen molar-refractivity contribution in [3.63, 3.8) is 0 Å². The summed E-state index contributed by atoms with van der Waals surface area (Å²) in [6.07, 6.45) is 6.72. The Hall–Kier alpha value is -2.21. The summed E-state index contributed by atoms with van der Waals surface area (Å²) < 4.78 is 1.69. The van der Waals surface area contributed by atoms with Crippen LogP contribution in [0.4, 0.5) is 0 Å². The van der Waals surface area contributed by atoms with E-state index in [1.807, 2.05) is 29.2 Å². The van der Waals surface area contributed by atoms with Crippen LogP contribution in [0.15, 0.2) is 36.9 Å². The van der Waals surface area contributed by atoms with Gasteiger partial charge in [-0.05, 0) is 57.4 Å². The van der Waals surface area contributed by atoms with Crippen molar-refractivity contribution in [1.82, 2.24) is 24.6 Å². The molecule has 4 rings (SSSR count). The van der Waals surface area contributed by atoms with Crippen LogP contribution in [0, 0.1) is 0 Å². The third kappa shape index (κ3) is 3.06. The van der Waals surface area contributed by atoms with E-state index in [0.29, 0.717) is 18.1 Å². The van der Waals surface area contributed by atoms with Gasteiger partial charge in [-0.25, -0.2) is 9.67 Å². The summed E-state index contributed by atoms with van der Waals surface area (Å²) in [5, 5.41) is 4.12. The lowest BCUT2D eigenvalue weighted by Crippen LogP contribution is -2.44. The van der Waals surface area contributed by atoms with Crippen LogP contribution in [0.25, 0.3) is 5.69 Å². The van der Waals surface area contributed by atoms with Gasteiger partial charge in [0, 0.05) is 36.8 Å². The quantitative estimate of drug-likeness (QED) is 0.861. The molecule has 2 aliphatic heterocycles. The summed E-state index contributed by atoms with van der Waals surface area (Å²) >= 11 is 0. The van der Waals surface area contributed by atoms with Crippen LogP contribution in [0.3, 0.4) is 0 Å². The maximum absolute atomic E-state index is 13.0. The van der Waals surface area contributed by atoms with Crippen molar-refractivity contribution < 1.29 is 4.79 Å². The predicted molar refractivity (Wildman–Crippen MR) is 95.7 cm³/mol. The Morgan fingerprint density at radius 3 is 2.56 bits per heavy atom. The molecule has 2 bridgehead atoms. The molecule has 2 aromatic rings. The van der Waals surface area contributed by atoms with Gasteiger partial charge in [0.1, 0.15) is 12.7 Å². The zero-order valence-electron chi connectivity index (χ0n) is 14.9. The smallest absolute Gasteiger partial charge is 0.253 e. The maximum Gasteiger partial charge on any atom is 0.253 e. The maximum atomic E-state index is 13.0. The number of likely N-dealkylation sites (tertiary alicyclic amines) is 1. The van der Waals surface area contributed by atoms with E-state index < -0.39 is 0 Å². The Bertz CT molecular complexity index is 725. The molecule has 2 atom stereocenters. The molecule has 6 nitrogen and oxygen atoms in total. The summed E-state index contributed by atoms with van der Waals surface area (Å²) in [4.78, 5) is 21.6. The largest absolute Gasteiger partial charge is 0.337 e. The third-order valence-electron chi connectivity index (χ3n) is 5.52. The summed E-state index contributed by atoms with van der Waals surface area (Å²) in [6, 6.07) is 9.32. The Labute approximate surface area is 148 Å². The van der Waals surface area contributed by atoms with Gasteiger partial charge in [-0.15, -0.1) is 0 Å². The molecule has 1 aromatic carbocycles. The number of hydrogen-bond acceptors (Lipinski definition) is 4. The fraction of sp³-hybridized carbons (Fsp3) is 0.526. The second-order valence-electron chi connectivity index (χ2n) is 7.35. The van der Waals surface area contributed by atoms with E-state index in [4.69, 9.17) is 0 Å². The monoisotopic (exact) mass is 339 g/mol. The molecule has 1 amide bonds. The zero-order valence-corrected chi connectivity index (χ0v) is 14.9. The lowest BCUT2D eigenvalue weighted by molar-refractivity contribution is 0.0728. The van der Waals surface area contributed by atoms with Crippen LogP contribution in [-0.2, 0) is 0 Å². The molecule has 0 N–H and O–H groups in total. The van der Waals surface area contributed by atoms with Crippen molar-refractivity contribution in [3.05, 3.63) is 42.5 Å². The number of amides is 1. The van der Waals surface area contributed by atoms with Crippen LogP contribution in [-0.4, -0.2) is 61.7 Å². The third-order valence-corrected chi connectivity index (χ3v) is 5.52. The average molecular weight is 339 g/mol. The van der Waals surface area contributed by atoms with Gasteiger partial charge in [0.05, 0.1) is 5.69 Å². The van der Waals surface area contributed by atoms with Crippen LogP contribution in [0.1, 0.15) is 43.5 Å². The minimum absolute atomic E-state index is 0.140. The first-order valence-corrected chi connectivity index (χ1v) is 9.15. The van der Waals surface area contributed by atoms with Crippen LogP contribution < -0.4 is 0 Å². The second kappa shape index (κ2) is 6.59. The van der Waals surface area contributed by atoms with E-state index in [1.54, 1.807) is 11.0 Å². The minimum Gasteiger partial charge on any atom is -0.337 e. The highest BCUT2D eigenvalue weighted by Gasteiger charge is 2.39. The van der Waals surface area contributed by atoms with Gasteiger partial charge in [0.2, 0.25) is 0 Å². The van der Waals surface area contributed by atoms with Gasteiger partial charge in [-0.3, -0.25) is 9.69 Å². The number of benzene rings is 1. The molecule has 3 heterocycles. The van der Waals surface area contributed by atoms with Crippen LogP contribution >= 0.6 is 0 Å². The molecule has 2 saturated heterocycles. The fourth-order valence-corrected chi connectivity index (χ4v) is 4.42. The van der Waals surface area contributed by atoms with E-state index in [9.17, 15) is 4.79 Å². The fourth-order valence-electron chi connectivity index (χ4n) is 4.42. The lowest BCUT2D eigenvalue weighted by Gasteiger charge is -2.32. The van der Waals surface area contributed by atoms with Gasteiger partial charge < -0.3 is 4.90 Å². The van der Waals surface area contributed by atoms with Gasteiger partial charge in [-0.1, -0.05) is 0 Å². The predicted octanol–water partition coefficient (Wildman–Crippen LogP) is 2.35. The van der Waals surface area contributed by atoms with Crippen molar-refractivity contribution in [2.24, 2.45) is 0 Å². The van der Waals surface area contributed by atoms with Crippen molar-refractivity contribution in [2.75, 3.05) is 13.1 Å². The Balaban J connectivity index is 1.49. The molecule has 25 heavy (non-hydrogen) atoms. The molecule has 1 aromatic heterocycles. The first kappa shape index (κ1) is 16.3. The van der Waals surface area contributed by atoms with E-state index >= 15 is 0 Å². The van der Waals surface area contributed by atoms with Gasteiger partial charge in [0.15, 0.2) is 0 Å². The number of nitrogens with zero attached hydrogens (tertiary/aromatic N) is 5. The standard InChI is InChI=1S/C19H25N5O/c1-14(2)24-17-7-8-18(24)11-22(10-9-17)19(25)15-3-5-16(6-4-15)23-13-20-12-21-23/h3-6,12-14,17-18H,7-11H2,1-2H3. The molecule has 0 saturated carbocycles. The summed E-state index contributed by atoms with van der Waals surface area (Å²) in [7, 11) is 0. The van der Waals surface area contributed by atoms with Crippen molar-refractivity contribution in [3.8, 4) is 5.69 Å². The molecule has 0 radical (unpaired) electrons. The number of aromatic nitrogens is 3. The molecule has 0 spiro atoms. The van der Waals surface area contributed by atoms with E-state index in [-0.39, 0.29) is 5.91 Å². The van der Waals surface area contributed by atoms with E-state index in [0.717, 1.165) is 30.8 Å². The van der Waals surface area contributed by atoms with Gasteiger partial charge in [0.25, 0.3) is 5.91 Å². The van der Waals surface area contributed by atoms with E-state index in [1.165, 1.54) is 19.2 Å². The first-order valence-electron chi connectivity index (χ1n) is 9.15.